The zero-order chi connectivity index (χ0) is 28.9. The molecular formula is C33H36N2O6. The largest absolute Gasteiger partial charge is 0.481 e. The molecule has 4 atom stereocenters. The lowest BCUT2D eigenvalue weighted by Crippen LogP contribution is -2.59. The summed E-state index contributed by atoms with van der Waals surface area (Å²) in [6.45, 7) is 4.26. The van der Waals surface area contributed by atoms with Gasteiger partial charge in [-0.15, -0.1) is 0 Å². The standard InChI is InChI=1S/C33H36N2O6/c1-21-24(32(37)38)17-10-18-35(21)31(36)30(22(2)40-19-23-11-4-3-5-12-23)34-33(39)41-20-29-27-15-8-6-13-25(27)26-14-7-9-16-28(26)29/h3-9,11-16,21-22,24,29-30H,10,17-20H2,1-2H3,(H,34,39)(H,37,38)/t21-,22?,24-,30?/m0/s1. The zero-order valence-electron chi connectivity index (χ0n) is 23.4. The molecule has 1 saturated heterocycles. The Balaban J connectivity index is 1.31. The fourth-order valence-electron chi connectivity index (χ4n) is 6.01. The number of hydrogen-bond acceptors (Lipinski definition) is 5. The highest BCUT2D eigenvalue weighted by atomic mass is 16.5. The van der Waals surface area contributed by atoms with Gasteiger partial charge in [0.15, 0.2) is 0 Å². The SMILES string of the molecule is CC(OCc1ccccc1)C(NC(=O)OCC1c2ccccc2-c2ccccc21)C(=O)N1CCC[C@H](C(=O)O)[C@@H]1C. The van der Waals surface area contributed by atoms with Crippen LogP contribution in [-0.2, 0) is 25.7 Å². The highest BCUT2D eigenvalue weighted by Gasteiger charge is 2.40. The molecule has 0 spiro atoms. The maximum absolute atomic E-state index is 13.8. The lowest BCUT2D eigenvalue weighted by atomic mass is 9.89. The van der Waals surface area contributed by atoms with Gasteiger partial charge in [0, 0.05) is 18.5 Å². The third-order valence-corrected chi connectivity index (χ3v) is 8.30. The van der Waals surface area contributed by atoms with Gasteiger partial charge >= 0.3 is 12.1 Å². The summed E-state index contributed by atoms with van der Waals surface area (Å²) < 4.78 is 11.8. The number of ether oxygens (including phenoxy) is 2. The molecular weight excluding hydrogens is 520 g/mol. The van der Waals surface area contributed by atoms with Crippen molar-refractivity contribution in [2.45, 2.75) is 57.4 Å². The number of amides is 2. The van der Waals surface area contributed by atoms with E-state index in [0.717, 1.165) is 27.8 Å². The normalized spacial score (nSPS) is 19.5. The third-order valence-electron chi connectivity index (χ3n) is 8.30. The van der Waals surface area contributed by atoms with E-state index in [1.54, 1.807) is 18.7 Å². The molecule has 214 valence electrons. The topological polar surface area (TPSA) is 105 Å². The first-order valence-electron chi connectivity index (χ1n) is 14.2. The van der Waals surface area contributed by atoms with Crippen molar-refractivity contribution in [3.05, 3.63) is 95.6 Å². The van der Waals surface area contributed by atoms with Crippen LogP contribution in [0.5, 0.6) is 0 Å². The van der Waals surface area contributed by atoms with Gasteiger partial charge in [-0.25, -0.2) is 4.79 Å². The molecule has 2 amide bonds. The van der Waals surface area contributed by atoms with Gasteiger partial charge in [0.1, 0.15) is 12.6 Å². The summed E-state index contributed by atoms with van der Waals surface area (Å²) in [5.74, 6) is -2.09. The van der Waals surface area contributed by atoms with E-state index in [2.05, 4.69) is 17.4 Å². The number of fused-ring (bicyclic) bond motifs is 3. The summed E-state index contributed by atoms with van der Waals surface area (Å²) in [6.07, 6.45) is -0.338. The summed E-state index contributed by atoms with van der Waals surface area (Å²) in [7, 11) is 0. The van der Waals surface area contributed by atoms with E-state index in [9.17, 15) is 19.5 Å². The van der Waals surface area contributed by atoms with E-state index in [1.807, 2.05) is 66.7 Å². The summed E-state index contributed by atoms with van der Waals surface area (Å²) in [5.41, 5.74) is 5.37. The smallest absolute Gasteiger partial charge is 0.407 e. The average molecular weight is 557 g/mol. The predicted molar refractivity (Wildman–Crippen MR) is 154 cm³/mol. The quantitative estimate of drug-likeness (QED) is 0.375. The summed E-state index contributed by atoms with van der Waals surface area (Å²) in [5, 5.41) is 12.4. The molecule has 2 aliphatic rings. The number of carbonyl (C=O) groups is 3. The van der Waals surface area contributed by atoms with Gasteiger partial charge in [-0.05, 0) is 54.5 Å². The van der Waals surface area contributed by atoms with Crippen LogP contribution >= 0.6 is 0 Å². The Morgan fingerprint density at radius 1 is 0.951 bits per heavy atom. The molecule has 3 aromatic carbocycles. The Kier molecular flexibility index (Phi) is 8.69. The van der Waals surface area contributed by atoms with Crippen LogP contribution in [0.1, 0.15) is 49.3 Å². The Hall–Kier alpha value is -4.17. The fourth-order valence-corrected chi connectivity index (χ4v) is 6.01. The van der Waals surface area contributed by atoms with E-state index in [1.165, 1.54) is 0 Å². The molecule has 0 radical (unpaired) electrons. The molecule has 2 unspecified atom stereocenters. The molecule has 1 aliphatic carbocycles. The van der Waals surface area contributed by atoms with Gasteiger partial charge in [-0.3, -0.25) is 9.59 Å². The first-order chi connectivity index (χ1) is 19.8. The number of alkyl carbamates (subject to hydrolysis) is 1. The Morgan fingerprint density at radius 2 is 1.56 bits per heavy atom. The molecule has 0 aromatic heterocycles. The highest BCUT2D eigenvalue weighted by molar-refractivity contribution is 5.87. The molecule has 5 rings (SSSR count). The van der Waals surface area contributed by atoms with Gasteiger partial charge in [-0.1, -0.05) is 78.9 Å². The first-order valence-corrected chi connectivity index (χ1v) is 14.2. The molecule has 2 N–H and O–H groups in total. The van der Waals surface area contributed by atoms with Crippen LogP contribution in [0.25, 0.3) is 11.1 Å². The molecule has 0 bridgehead atoms. The molecule has 41 heavy (non-hydrogen) atoms. The van der Waals surface area contributed by atoms with Gasteiger partial charge in [0.05, 0.1) is 18.6 Å². The van der Waals surface area contributed by atoms with Crippen molar-refractivity contribution >= 4 is 18.0 Å². The number of carbonyl (C=O) groups excluding carboxylic acids is 2. The molecule has 8 heteroatoms. The summed E-state index contributed by atoms with van der Waals surface area (Å²) in [6, 6.07) is 24.2. The molecule has 8 nitrogen and oxygen atoms in total. The van der Waals surface area contributed by atoms with Crippen LogP contribution < -0.4 is 5.32 Å². The average Bonchev–Trinajstić information content (AvgIpc) is 3.31. The van der Waals surface area contributed by atoms with Crippen molar-refractivity contribution in [1.82, 2.24) is 10.2 Å². The van der Waals surface area contributed by atoms with E-state index >= 15 is 0 Å². The van der Waals surface area contributed by atoms with Crippen LogP contribution in [0.2, 0.25) is 0 Å². The monoisotopic (exact) mass is 556 g/mol. The van der Waals surface area contributed by atoms with Gasteiger partial charge in [0.2, 0.25) is 5.91 Å². The zero-order valence-corrected chi connectivity index (χ0v) is 23.4. The molecule has 1 heterocycles. The van der Waals surface area contributed by atoms with Crippen molar-refractivity contribution < 1.29 is 29.0 Å². The lowest BCUT2D eigenvalue weighted by molar-refractivity contribution is -0.151. The van der Waals surface area contributed by atoms with E-state index < -0.39 is 36.2 Å². The minimum absolute atomic E-state index is 0.112. The molecule has 3 aromatic rings. The predicted octanol–water partition coefficient (Wildman–Crippen LogP) is 5.21. The molecule has 1 aliphatic heterocycles. The first kappa shape index (κ1) is 28.4. The van der Waals surface area contributed by atoms with Crippen LogP contribution in [-0.4, -0.2) is 59.3 Å². The van der Waals surface area contributed by atoms with Gasteiger partial charge in [-0.2, -0.15) is 0 Å². The number of piperidine rings is 1. The highest BCUT2D eigenvalue weighted by Crippen LogP contribution is 2.44. The number of aliphatic carboxylic acids is 1. The Bertz CT molecular complexity index is 1350. The summed E-state index contributed by atoms with van der Waals surface area (Å²) >= 11 is 0. The number of likely N-dealkylation sites (tertiary alicyclic amines) is 1. The maximum Gasteiger partial charge on any atom is 0.407 e. The Labute approximate surface area is 240 Å². The minimum atomic E-state index is -1.05. The van der Waals surface area contributed by atoms with E-state index in [-0.39, 0.29) is 25.0 Å². The summed E-state index contributed by atoms with van der Waals surface area (Å²) in [4.78, 5) is 40.4. The van der Waals surface area contributed by atoms with Crippen LogP contribution in [0.3, 0.4) is 0 Å². The third kappa shape index (κ3) is 6.12. The number of hydrogen-bond donors (Lipinski definition) is 2. The van der Waals surface area contributed by atoms with Crippen molar-refractivity contribution in [1.29, 1.82) is 0 Å². The number of carboxylic acid groups (broad SMARTS) is 1. The number of rotatable bonds is 9. The van der Waals surface area contributed by atoms with Crippen molar-refractivity contribution in [2.75, 3.05) is 13.2 Å². The van der Waals surface area contributed by atoms with Crippen LogP contribution in [0.4, 0.5) is 4.79 Å². The maximum atomic E-state index is 13.8. The van der Waals surface area contributed by atoms with Crippen molar-refractivity contribution in [3.63, 3.8) is 0 Å². The van der Waals surface area contributed by atoms with Crippen LogP contribution in [0, 0.1) is 5.92 Å². The number of nitrogens with zero attached hydrogens (tertiary/aromatic N) is 1. The fraction of sp³-hybridized carbons (Fsp3) is 0.364. The van der Waals surface area contributed by atoms with E-state index in [4.69, 9.17) is 9.47 Å². The van der Waals surface area contributed by atoms with E-state index in [0.29, 0.717) is 19.4 Å². The lowest BCUT2D eigenvalue weighted by Gasteiger charge is -2.40. The molecule has 1 fully saturated rings. The van der Waals surface area contributed by atoms with Crippen molar-refractivity contribution in [3.8, 4) is 11.1 Å². The number of nitrogens with one attached hydrogen (secondary N) is 1. The molecule has 0 saturated carbocycles. The van der Waals surface area contributed by atoms with Crippen LogP contribution in [0.15, 0.2) is 78.9 Å². The second-order valence-corrected chi connectivity index (χ2v) is 10.8. The van der Waals surface area contributed by atoms with Gasteiger partial charge in [0.25, 0.3) is 0 Å². The number of benzene rings is 3. The second-order valence-electron chi connectivity index (χ2n) is 10.8. The minimum Gasteiger partial charge on any atom is -0.481 e. The Morgan fingerprint density at radius 3 is 2.20 bits per heavy atom. The number of carboxylic acids is 1. The second kappa shape index (κ2) is 12.6. The van der Waals surface area contributed by atoms with Crippen molar-refractivity contribution in [2.24, 2.45) is 5.92 Å². The van der Waals surface area contributed by atoms with Gasteiger partial charge < -0.3 is 24.8 Å².